The molecule has 0 atom stereocenters. The molecule has 0 amide bonds. The van der Waals surface area contributed by atoms with Crippen molar-refractivity contribution in [2.75, 3.05) is 5.32 Å². The Kier molecular flexibility index (Phi) is 2.45. The van der Waals surface area contributed by atoms with Crippen LogP contribution < -0.4 is 15.4 Å². The van der Waals surface area contributed by atoms with E-state index in [4.69, 9.17) is 0 Å². The van der Waals surface area contributed by atoms with E-state index in [1.54, 1.807) is 30.5 Å². The number of hydrogen-bond acceptors (Lipinski definition) is 6. The van der Waals surface area contributed by atoms with Gasteiger partial charge in [0, 0.05) is 6.20 Å². The zero-order valence-electron chi connectivity index (χ0n) is 9.07. The fraction of sp³-hybridized carbons (Fsp3) is 0. The highest BCUT2D eigenvalue weighted by Crippen LogP contribution is 2.21. The number of hydrogen-bond donors (Lipinski definition) is 2. The highest BCUT2D eigenvalue weighted by molar-refractivity contribution is 7.15. The van der Waals surface area contributed by atoms with Crippen LogP contribution in [0.3, 0.4) is 0 Å². The Balaban J connectivity index is 2.02. The fourth-order valence-electron chi connectivity index (χ4n) is 1.52. The van der Waals surface area contributed by atoms with Gasteiger partial charge in [0.25, 0.3) is 5.56 Å². The third kappa shape index (κ3) is 1.70. The van der Waals surface area contributed by atoms with E-state index >= 15 is 0 Å². The van der Waals surface area contributed by atoms with Gasteiger partial charge in [-0.1, -0.05) is 23.5 Å². The minimum atomic E-state index is -0.226. The zero-order chi connectivity index (χ0) is 12.5. The zero-order valence-corrected chi connectivity index (χ0v) is 9.89. The summed E-state index contributed by atoms with van der Waals surface area (Å²) in [6.45, 7) is 0. The van der Waals surface area contributed by atoms with Crippen LogP contribution in [0.1, 0.15) is 0 Å². The molecule has 0 aliphatic heterocycles. The number of benzene rings is 1. The summed E-state index contributed by atoms with van der Waals surface area (Å²) in [5, 5.41) is 16.3. The molecule has 3 rings (SSSR count). The van der Waals surface area contributed by atoms with Gasteiger partial charge in [-0.15, -0.1) is 0 Å². The molecular formula is C11H8N4O2S. The first-order chi connectivity index (χ1) is 8.75. The van der Waals surface area contributed by atoms with Crippen molar-refractivity contribution in [3.63, 3.8) is 0 Å². The molecular weight excluding hydrogens is 252 g/mol. The third-order valence-electron chi connectivity index (χ3n) is 2.38. The molecule has 18 heavy (non-hydrogen) atoms. The molecule has 7 heteroatoms. The number of nitrogens with one attached hydrogen (secondary N) is 1. The number of para-hydroxylation sites is 2. The lowest BCUT2D eigenvalue weighted by molar-refractivity contribution is 0.478. The van der Waals surface area contributed by atoms with Gasteiger partial charge in [-0.05, 0) is 12.1 Å². The van der Waals surface area contributed by atoms with E-state index in [0.717, 1.165) is 0 Å². The molecule has 0 radical (unpaired) electrons. The predicted octanol–water partition coefficient (Wildman–Crippen LogP) is 0.426. The first-order valence-corrected chi connectivity index (χ1v) is 5.94. The fourth-order valence-corrected chi connectivity index (χ4v) is 2.32. The molecule has 0 unspecified atom stereocenters. The quantitative estimate of drug-likeness (QED) is 0.653. The molecule has 0 aliphatic carbocycles. The predicted molar refractivity (Wildman–Crippen MR) is 68.5 cm³/mol. The van der Waals surface area contributed by atoms with Crippen molar-refractivity contribution in [1.82, 2.24) is 14.6 Å². The maximum absolute atomic E-state index is 11.8. The highest BCUT2D eigenvalue weighted by Gasteiger charge is 2.04. The summed E-state index contributed by atoms with van der Waals surface area (Å²) < 4.78 is 1.72. The van der Waals surface area contributed by atoms with E-state index in [-0.39, 0.29) is 11.3 Å². The van der Waals surface area contributed by atoms with Crippen LogP contribution in [-0.2, 0) is 0 Å². The summed E-state index contributed by atoms with van der Waals surface area (Å²) in [6.07, 6.45) is 2.88. The number of aromatic nitrogens is 3. The van der Waals surface area contributed by atoms with Gasteiger partial charge in [-0.3, -0.25) is 4.79 Å². The molecule has 0 aliphatic rings. The Labute approximate surface area is 105 Å². The standard InChI is InChI=1S/C11H8N4O2S/c16-8-4-2-1-3-7(8)12-5-9-10(17)15-11(18-9)13-6-14-15/h1-6,12,16H/b9-5-. The number of aromatic hydroxyl groups is 1. The van der Waals surface area contributed by atoms with Crippen LogP contribution in [-0.4, -0.2) is 19.7 Å². The molecule has 2 N–H and O–H groups in total. The number of anilines is 1. The second-order valence-corrected chi connectivity index (χ2v) is 4.54. The highest BCUT2D eigenvalue weighted by atomic mass is 32.1. The number of thiazole rings is 1. The number of phenols is 1. The Morgan fingerprint density at radius 3 is 3.00 bits per heavy atom. The van der Waals surface area contributed by atoms with Gasteiger partial charge in [0.1, 0.15) is 16.6 Å². The first kappa shape index (κ1) is 10.7. The molecule has 0 fully saturated rings. The molecule has 0 bridgehead atoms. The smallest absolute Gasteiger partial charge is 0.292 e. The van der Waals surface area contributed by atoms with Crippen molar-refractivity contribution in [1.29, 1.82) is 0 Å². The van der Waals surface area contributed by atoms with Crippen LogP contribution in [0.4, 0.5) is 5.69 Å². The van der Waals surface area contributed by atoms with Crippen LogP contribution in [0, 0.1) is 0 Å². The summed E-state index contributed by atoms with van der Waals surface area (Å²) in [6, 6.07) is 6.80. The van der Waals surface area contributed by atoms with E-state index in [0.29, 0.717) is 15.2 Å². The van der Waals surface area contributed by atoms with Crippen molar-refractivity contribution in [3.8, 4) is 5.75 Å². The first-order valence-electron chi connectivity index (χ1n) is 5.13. The van der Waals surface area contributed by atoms with Crippen molar-refractivity contribution in [2.45, 2.75) is 0 Å². The number of nitrogens with zero attached hydrogens (tertiary/aromatic N) is 3. The monoisotopic (exact) mass is 260 g/mol. The largest absolute Gasteiger partial charge is 0.506 e. The Morgan fingerprint density at radius 2 is 2.22 bits per heavy atom. The topological polar surface area (TPSA) is 79.5 Å². The molecule has 3 aromatic rings. The van der Waals surface area contributed by atoms with E-state index in [9.17, 15) is 9.90 Å². The van der Waals surface area contributed by atoms with Gasteiger partial charge >= 0.3 is 0 Å². The maximum atomic E-state index is 11.8. The van der Waals surface area contributed by atoms with Crippen molar-refractivity contribution < 1.29 is 5.11 Å². The normalized spacial score (nSPS) is 12.1. The minimum Gasteiger partial charge on any atom is -0.506 e. The lowest BCUT2D eigenvalue weighted by atomic mass is 10.3. The van der Waals surface area contributed by atoms with Crippen LogP contribution >= 0.6 is 11.3 Å². The molecule has 6 nitrogen and oxygen atoms in total. The van der Waals surface area contributed by atoms with Gasteiger partial charge in [0.15, 0.2) is 0 Å². The van der Waals surface area contributed by atoms with Gasteiger partial charge < -0.3 is 10.4 Å². The van der Waals surface area contributed by atoms with E-state index in [1.807, 2.05) is 0 Å². The summed E-state index contributed by atoms with van der Waals surface area (Å²) in [7, 11) is 0. The van der Waals surface area contributed by atoms with Crippen molar-refractivity contribution in [3.05, 3.63) is 45.5 Å². The Hall–Kier alpha value is -2.41. The molecule has 90 valence electrons. The minimum absolute atomic E-state index is 0.126. The van der Waals surface area contributed by atoms with Crippen LogP contribution in [0.5, 0.6) is 5.75 Å². The summed E-state index contributed by atoms with van der Waals surface area (Å²) in [4.78, 5) is 16.3. The van der Waals surface area contributed by atoms with Gasteiger partial charge in [0.2, 0.25) is 4.96 Å². The lowest BCUT2D eigenvalue weighted by Crippen LogP contribution is -2.24. The number of phenolic OH excluding ortho intramolecular Hbond substituents is 1. The molecule has 0 spiro atoms. The molecule has 1 aromatic carbocycles. The molecule has 2 heterocycles. The average molecular weight is 260 g/mol. The van der Waals surface area contributed by atoms with Gasteiger partial charge in [-0.25, -0.2) is 4.98 Å². The van der Waals surface area contributed by atoms with E-state index < -0.39 is 0 Å². The molecule has 0 saturated heterocycles. The van der Waals surface area contributed by atoms with Gasteiger partial charge in [-0.2, -0.15) is 9.61 Å². The number of rotatable bonds is 2. The van der Waals surface area contributed by atoms with E-state index in [2.05, 4.69) is 15.4 Å². The van der Waals surface area contributed by atoms with Crippen molar-refractivity contribution >= 4 is 28.2 Å². The van der Waals surface area contributed by atoms with Gasteiger partial charge in [0.05, 0.1) is 5.69 Å². The molecule has 0 saturated carbocycles. The van der Waals surface area contributed by atoms with Crippen molar-refractivity contribution in [2.24, 2.45) is 0 Å². The number of fused-ring (bicyclic) bond motifs is 1. The Bertz CT molecular complexity index is 808. The summed E-state index contributed by atoms with van der Waals surface area (Å²) in [5.74, 6) is 0.126. The Morgan fingerprint density at radius 1 is 1.39 bits per heavy atom. The van der Waals surface area contributed by atoms with E-state index in [1.165, 1.54) is 22.2 Å². The lowest BCUT2D eigenvalue weighted by Gasteiger charge is -2.01. The summed E-state index contributed by atoms with van der Waals surface area (Å²) in [5.41, 5.74) is 0.311. The third-order valence-corrected chi connectivity index (χ3v) is 3.36. The second kappa shape index (κ2) is 4.11. The summed E-state index contributed by atoms with van der Waals surface area (Å²) >= 11 is 1.23. The maximum Gasteiger partial charge on any atom is 0.292 e. The van der Waals surface area contributed by atoms with Crippen LogP contribution in [0.25, 0.3) is 11.2 Å². The average Bonchev–Trinajstić information content (AvgIpc) is 2.93. The second-order valence-electron chi connectivity index (χ2n) is 3.53. The van der Waals surface area contributed by atoms with Crippen LogP contribution in [0.2, 0.25) is 0 Å². The van der Waals surface area contributed by atoms with Crippen LogP contribution in [0.15, 0.2) is 35.4 Å². The molecule has 2 aromatic heterocycles. The SMILES string of the molecule is O=c1/c(=C/Nc2ccccc2O)sc2ncnn12.